The second-order valence-corrected chi connectivity index (χ2v) is 7.04. The molecule has 0 bridgehead atoms. The Hall–Kier alpha value is -2.00. The molecule has 118 valence electrons. The van der Waals surface area contributed by atoms with Crippen LogP contribution in [-0.4, -0.2) is 35.6 Å². The first-order valence-corrected chi connectivity index (χ1v) is 8.80. The van der Waals surface area contributed by atoms with Gasteiger partial charge in [0.1, 0.15) is 0 Å². The number of hydrogen-bond donors (Lipinski definition) is 1. The van der Waals surface area contributed by atoms with Crippen LogP contribution >= 0.6 is 0 Å². The molecule has 1 saturated heterocycles. The summed E-state index contributed by atoms with van der Waals surface area (Å²) >= 11 is 0. The number of rotatable bonds is 2. The first kappa shape index (κ1) is 13.4. The van der Waals surface area contributed by atoms with Crippen LogP contribution < -0.4 is 5.32 Å². The molecule has 1 aliphatic carbocycles. The normalized spacial score (nSPS) is 24.5. The minimum Gasteiger partial charge on any atom is -0.373 e. The van der Waals surface area contributed by atoms with Gasteiger partial charge in [0.25, 0.3) is 0 Å². The van der Waals surface area contributed by atoms with Gasteiger partial charge in [0.15, 0.2) is 0 Å². The van der Waals surface area contributed by atoms with Crippen LogP contribution in [0.3, 0.4) is 0 Å². The molecule has 2 heterocycles. The Morgan fingerprint density at radius 3 is 2.61 bits per heavy atom. The fraction of sp³-hybridized carbons (Fsp3) is 0.400. The van der Waals surface area contributed by atoms with E-state index < -0.39 is 0 Å². The summed E-state index contributed by atoms with van der Waals surface area (Å²) in [5, 5.41) is 6.22. The van der Waals surface area contributed by atoms with Crippen LogP contribution in [0.2, 0.25) is 0 Å². The van der Waals surface area contributed by atoms with Crippen molar-refractivity contribution in [2.75, 3.05) is 19.8 Å². The van der Waals surface area contributed by atoms with E-state index in [1.807, 2.05) is 0 Å². The zero-order valence-electron chi connectivity index (χ0n) is 13.4. The smallest absolute Gasteiger partial charge is 0.0870 e. The molecular weight excluding hydrogens is 282 g/mol. The lowest BCUT2D eigenvalue weighted by atomic mass is 9.99. The van der Waals surface area contributed by atoms with Gasteiger partial charge in [-0.25, -0.2) is 0 Å². The third kappa shape index (κ3) is 2.14. The van der Waals surface area contributed by atoms with Gasteiger partial charge in [-0.15, -0.1) is 0 Å². The fourth-order valence-electron chi connectivity index (χ4n) is 4.68. The topological polar surface area (TPSA) is 18.5 Å². The molecule has 1 N–H and O–H groups in total. The van der Waals surface area contributed by atoms with Crippen molar-refractivity contribution in [2.24, 2.45) is 0 Å². The summed E-state index contributed by atoms with van der Waals surface area (Å²) in [6.07, 6.45) is 8.02. The van der Waals surface area contributed by atoms with Gasteiger partial charge in [-0.05, 0) is 41.2 Å². The van der Waals surface area contributed by atoms with Crippen LogP contribution in [0.15, 0.2) is 48.8 Å². The number of piperidine rings is 1. The molecule has 3 heteroatoms. The van der Waals surface area contributed by atoms with E-state index in [0.29, 0.717) is 12.1 Å². The average Bonchev–Trinajstić information content (AvgIpc) is 3.25. The third-order valence-corrected chi connectivity index (χ3v) is 5.86. The molecule has 5 rings (SSSR count). The Balaban J connectivity index is 1.37. The van der Waals surface area contributed by atoms with Crippen molar-refractivity contribution in [2.45, 2.75) is 31.3 Å². The van der Waals surface area contributed by atoms with Crippen molar-refractivity contribution in [1.82, 2.24) is 15.1 Å². The Labute approximate surface area is 137 Å². The predicted octanol–water partition coefficient (Wildman–Crippen LogP) is 3.24. The van der Waals surface area contributed by atoms with Crippen LogP contribution in [0.25, 0.3) is 10.8 Å². The molecule has 3 nitrogen and oxygen atoms in total. The molecule has 0 aromatic heterocycles. The van der Waals surface area contributed by atoms with Gasteiger partial charge in [-0.1, -0.05) is 36.4 Å². The molecule has 0 spiro atoms. The summed E-state index contributed by atoms with van der Waals surface area (Å²) in [6, 6.07) is 14.9. The lowest BCUT2D eigenvalue weighted by molar-refractivity contribution is 0.110. The lowest BCUT2D eigenvalue weighted by Crippen LogP contribution is -2.44. The number of nitrogens with one attached hydrogen (secondary N) is 1. The summed E-state index contributed by atoms with van der Waals surface area (Å²) in [4.78, 5) is 5.18. The van der Waals surface area contributed by atoms with Crippen LogP contribution in [0.5, 0.6) is 0 Å². The third-order valence-electron chi connectivity index (χ3n) is 5.86. The van der Waals surface area contributed by atoms with E-state index in [1.165, 1.54) is 48.7 Å². The number of nitrogens with zero attached hydrogens (tertiary/aromatic N) is 2. The first-order chi connectivity index (χ1) is 11.4. The fourth-order valence-corrected chi connectivity index (χ4v) is 4.68. The molecular formula is C20H23N3. The molecule has 1 fully saturated rings. The lowest BCUT2D eigenvalue weighted by Gasteiger charge is -2.39. The maximum Gasteiger partial charge on any atom is 0.0870 e. The Morgan fingerprint density at radius 1 is 1.00 bits per heavy atom. The molecule has 2 aliphatic heterocycles. The first-order valence-electron chi connectivity index (χ1n) is 8.80. The Kier molecular flexibility index (Phi) is 3.08. The summed E-state index contributed by atoms with van der Waals surface area (Å²) in [7, 11) is 0. The monoisotopic (exact) mass is 305 g/mol. The highest BCUT2D eigenvalue weighted by molar-refractivity contribution is 5.91. The summed E-state index contributed by atoms with van der Waals surface area (Å²) in [6.45, 7) is 3.41. The van der Waals surface area contributed by atoms with Crippen molar-refractivity contribution in [3.05, 3.63) is 59.9 Å². The highest BCUT2D eigenvalue weighted by Gasteiger charge is 2.32. The van der Waals surface area contributed by atoms with Gasteiger partial charge in [-0.3, -0.25) is 4.90 Å². The van der Waals surface area contributed by atoms with E-state index in [0.717, 1.165) is 6.67 Å². The Morgan fingerprint density at radius 2 is 1.83 bits per heavy atom. The summed E-state index contributed by atoms with van der Waals surface area (Å²) < 4.78 is 0. The van der Waals surface area contributed by atoms with E-state index in [4.69, 9.17) is 0 Å². The van der Waals surface area contributed by atoms with Gasteiger partial charge in [0, 0.05) is 37.6 Å². The average molecular weight is 305 g/mol. The van der Waals surface area contributed by atoms with Crippen LogP contribution in [0, 0.1) is 0 Å². The highest BCUT2D eigenvalue weighted by atomic mass is 15.3. The summed E-state index contributed by atoms with van der Waals surface area (Å²) in [5.74, 6) is 0. The van der Waals surface area contributed by atoms with Crippen molar-refractivity contribution in [3.63, 3.8) is 0 Å². The van der Waals surface area contributed by atoms with Crippen LogP contribution in [0.1, 0.15) is 30.0 Å². The van der Waals surface area contributed by atoms with Crippen molar-refractivity contribution in [3.8, 4) is 0 Å². The minimum atomic E-state index is 0.587. The maximum absolute atomic E-state index is 3.29. The van der Waals surface area contributed by atoms with Crippen LogP contribution in [0.4, 0.5) is 0 Å². The zero-order valence-corrected chi connectivity index (χ0v) is 13.4. The van der Waals surface area contributed by atoms with Crippen LogP contribution in [-0.2, 0) is 6.42 Å². The van der Waals surface area contributed by atoms with Gasteiger partial charge in [0.05, 0.1) is 6.67 Å². The maximum atomic E-state index is 3.29. The molecule has 2 aromatic carbocycles. The van der Waals surface area contributed by atoms with E-state index in [1.54, 1.807) is 5.56 Å². The van der Waals surface area contributed by atoms with Crippen molar-refractivity contribution >= 4 is 10.8 Å². The van der Waals surface area contributed by atoms with Gasteiger partial charge in [-0.2, -0.15) is 0 Å². The molecule has 1 atom stereocenters. The Bertz CT molecular complexity index is 753. The molecule has 0 radical (unpaired) electrons. The second-order valence-electron chi connectivity index (χ2n) is 7.04. The second kappa shape index (κ2) is 5.27. The standard InChI is InChI=1S/C20H23N3/c1-3-15-4-2-6-18-19(13-16(5-1)20(15)18)22-10-7-17(8-11-22)23-12-9-21-14-23/h1-6,9,12,17,19,21H,7-8,10-11,13-14H2. The molecule has 0 amide bonds. The number of benzene rings is 2. The summed E-state index contributed by atoms with van der Waals surface area (Å²) in [5.41, 5.74) is 3.09. The van der Waals surface area contributed by atoms with E-state index in [-0.39, 0.29) is 0 Å². The minimum absolute atomic E-state index is 0.587. The molecule has 0 saturated carbocycles. The van der Waals surface area contributed by atoms with E-state index in [2.05, 4.69) is 63.9 Å². The largest absolute Gasteiger partial charge is 0.373 e. The van der Waals surface area contributed by atoms with Gasteiger partial charge >= 0.3 is 0 Å². The number of likely N-dealkylation sites (tertiary alicyclic amines) is 1. The number of hydrogen-bond acceptors (Lipinski definition) is 3. The van der Waals surface area contributed by atoms with Gasteiger partial charge in [0.2, 0.25) is 0 Å². The molecule has 23 heavy (non-hydrogen) atoms. The molecule has 2 aromatic rings. The molecule has 1 unspecified atom stereocenters. The quantitative estimate of drug-likeness (QED) is 0.919. The highest BCUT2D eigenvalue weighted by Crippen LogP contribution is 2.41. The zero-order chi connectivity index (χ0) is 15.2. The van der Waals surface area contributed by atoms with Crippen molar-refractivity contribution in [1.29, 1.82) is 0 Å². The predicted molar refractivity (Wildman–Crippen MR) is 94.0 cm³/mol. The van der Waals surface area contributed by atoms with E-state index >= 15 is 0 Å². The van der Waals surface area contributed by atoms with E-state index in [9.17, 15) is 0 Å². The van der Waals surface area contributed by atoms with Gasteiger partial charge < -0.3 is 10.2 Å². The van der Waals surface area contributed by atoms with Crippen molar-refractivity contribution < 1.29 is 0 Å². The SMILES string of the molecule is C1=CN(C2CCN(C3Cc4cccc5cccc3c45)CC2)CN1. The molecule has 3 aliphatic rings.